The van der Waals surface area contributed by atoms with Gasteiger partial charge in [-0.1, -0.05) is 13.2 Å². The molecule has 49 heavy (non-hydrogen) atoms. The maximum atomic E-state index is 13.0. The average molecular weight is 672 g/mol. The van der Waals surface area contributed by atoms with E-state index in [0.717, 1.165) is 17.7 Å². The van der Waals surface area contributed by atoms with Crippen LogP contribution in [0.5, 0.6) is 23.0 Å². The van der Waals surface area contributed by atoms with E-state index < -0.39 is 23.5 Å². The standard InChI is InChI=1S/C37H37NO11/c1-5-33(39)46-19-9-7-17-44-30-15-11-25(21-24(30)3)35-38-29-14-13-27(23-28(29)37(42)49-35)48-36(41)26-12-16-31(32(22-26)43-4)45-18-8-10-20-47-34(40)6-2/h5-6,11-16,21-23H,1-2,7-10,17-20H2,3-4H3. The van der Waals surface area contributed by atoms with Crippen LogP contribution >= 0.6 is 0 Å². The number of benzene rings is 3. The number of nitrogens with zero attached hydrogens (tertiary/aromatic N) is 1. The molecular formula is C37H37NO11. The fourth-order valence-electron chi connectivity index (χ4n) is 4.50. The number of aryl methyl sites for hydroxylation is 1. The van der Waals surface area contributed by atoms with E-state index in [1.165, 1.54) is 31.4 Å². The average Bonchev–Trinajstić information content (AvgIpc) is 3.11. The molecule has 0 saturated carbocycles. The van der Waals surface area contributed by atoms with Crippen molar-refractivity contribution in [2.45, 2.75) is 32.6 Å². The fourth-order valence-corrected chi connectivity index (χ4v) is 4.50. The lowest BCUT2D eigenvalue weighted by atomic mass is 10.1. The first kappa shape index (κ1) is 35.9. The molecule has 4 aromatic rings. The Hall–Kier alpha value is -5.91. The summed E-state index contributed by atoms with van der Waals surface area (Å²) in [6, 6.07) is 14.5. The van der Waals surface area contributed by atoms with Gasteiger partial charge in [0.1, 0.15) is 11.5 Å². The Labute approximate surface area is 282 Å². The van der Waals surface area contributed by atoms with Crippen LogP contribution in [0.4, 0.5) is 0 Å². The Bertz CT molecular complexity index is 1880. The molecule has 0 fully saturated rings. The molecule has 0 unspecified atom stereocenters. The molecule has 0 aliphatic rings. The number of carbonyl (C=O) groups is 3. The normalized spacial score (nSPS) is 10.6. The minimum atomic E-state index is -0.670. The van der Waals surface area contributed by atoms with Crippen molar-refractivity contribution < 1.29 is 47.2 Å². The number of hydrogen-bond donors (Lipinski definition) is 0. The predicted molar refractivity (Wildman–Crippen MR) is 180 cm³/mol. The maximum Gasteiger partial charge on any atom is 0.347 e. The van der Waals surface area contributed by atoms with Gasteiger partial charge in [-0.2, -0.15) is 0 Å². The van der Waals surface area contributed by atoms with Crippen molar-refractivity contribution in [2.24, 2.45) is 0 Å². The van der Waals surface area contributed by atoms with E-state index in [4.69, 9.17) is 32.8 Å². The molecule has 0 saturated heterocycles. The molecule has 0 aliphatic heterocycles. The Morgan fingerprint density at radius 2 is 1.41 bits per heavy atom. The number of fused-ring (bicyclic) bond motifs is 1. The lowest BCUT2D eigenvalue weighted by molar-refractivity contribution is -0.138. The zero-order chi connectivity index (χ0) is 35.2. The van der Waals surface area contributed by atoms with Crippen LogP contribution in [0.15, 0.2) is 89.1 Å². The number of unbranched alkanes of at least 4 members (excludes halogenated alkanes) is 2. The van der Waals surface area contributed by atoms with Gasteiger partial charge in [0, 0.05) is 17.7 Å². The molecule has 0 amide bonds. The molecule has 12 nitrogen and oxygen atoms in total. The molecule has 0 N–H and O–H groups in total. The SMILES string of the molecule is C=CC(=O)OCCCCOc1ccc(-c2nc3ccc(OC(=O)c4ccc(OCCCCOC(=O)C=C)c(OC)c4)cc3c(=O)o2)cc1C. The van der Waals surface area contributed by atoms with Gasteiger partial charge in [0.05, 0.1) is 50.0 Å². The Kier molecular flexibility index (Phi) is 13.1. The molecule has 12 heteroatoms. The highest BCUT2D eigenvalue weighted by atomic mass is 16.5. The van der Waals surface area contributed by atoms with Crippen LogP contribution in [0.3, 0.4) is 0 Å². The molecule has 1 heterocycles. The Balaban J connectivity index is 1.35. The first-order valence-corrected chi connectivity index (χ1v) is 15.5. The van der Waals surface area contributed by atoms with Crippen LogP contribution in [0, 0.1) is 6.92 Å². The first-order chi connectivity index (χ1) is 23.7. The zero-order valence-corrected chi connectivity index (χ0v) is 27.4. The van der Waals surface area contributed by atoms with E-state index >= 15 is 0 Å². The van der Waals surface area contributed by atoms with E-state index in [-0.39, 0.29) is 29.2 Å². The highest BCUT2D eigenvalue weighted by Crippen LogP contribution is 2.30. The summed E-state index contributed by atoms with van der Waals surface area (Å²) in [5.74, 6) is 0.107. The summed E-state index contributed by atoms with van der Waals surface area (Å²) in [5, 5.41) is 0.144. The number of rotatable bonds is 18. The minimum absolute atomic E-state index is 0.131. The number of esters is 3. The summed E-state index contributed by atoms with van der Waals surface area (Å²) in [6.07, 6.45) is 4.82. The van der Waals surface area contributed by atoms with Crippen molar-refractivity contribution >= 4 is 28.8 Å². The van der Waals surface area contributed by atoms with Crippen LogP contribution in [0.2, 0.25) is 0 Å². The Morgan fingerprint density at radius 1 is 0.776 bits per heavy atom. The molecule has 0 atom stereocenters. The van der Waals surface area contributed by atoms with E-state index in [0.29, 0.717) is 73.8 Å². The third kappa shape index (κ3) is 10.3. The second kappa shape index (κ2) is 17.9. The van der Waals surface area contributed by atoms with Gasteiger partial charge >= 0.3 is 23.5 Å². The highest BCUT2D eigenvalue weighted by molar-refractivity contribution is 5.92. The van der Waals surface area contributed by atoms with Crippen molar-refractivity contribution in [1.82, 2.24) is 4.98 Å². The van der Waals surface area contributed by atoms with Crippen molar-refractivity contribution in [3.63, 3.8) is 0 Å². The van der Waals surface area contributed by atoms with E-state index in [2.05, 4.69) is 18.1 Å². The maximum absolute atomic E-state index is 13.0. The summed E-state index contributed by atoms with van der Waals surface area (Å²) in [5.41, 5.74) is 1.34. The summed E-state index contributed by atoms with van der Waals surface area (Å²) in [4.78, 5) is 52.6. The fraction of sp³-hybridized carbons (Fsp3) is 0.270. The predicted octanol–water partition coefficient (Wildman–Crippen LogP) is 6.17. The van der Waals surface area contributed by atoms with Crippen LogP contribution < -0.4 is 24.6 Å². The van der Waals surface area contributed by atoms with Gasteiger partial charge in [-0.15, -0.1) is 0 Å². The molecular weight excluding hydrogens is 634 g/mol. The minimum Gasteiger partial charge on any atom is -0.493 e. The molecule has 1 aromatic heterocycles. The molecule has 0 radical (unpaired) electrons. The van der Waals surface area contributed by atoms with Crippen LogP contribution in [0.1, 0.15) is 41.6 Å². The zero-order valence-electron chi connectivity index (χ0n) is 27.4. The van der Waals surface area contributed by atoms with Gasteiger partial charge in [-0.05, 0) is 92.8 Å². The Morgan fingerprint density at radius 3 is 2.04 bits per heavy atom. The van der Waals surface area contributed by atoms with E-state index in [1.807, 2.05) is 13.0 Å². The summed E-state index contributed by atoms with van der Waals surface area (Å²) in [7, 11) is 1.45. The van der Waals surface area contributed by atoms with Gasteiger partial charge < -0.3 is 32.8 Å². The lowest BCUT2D eigenvalue weighted by Crippen LogP contribution is -2.10. The molecule has 0 aliphatic carbocycles. The quantitative estimate of drug-likeness (QED) is 0.0515. The summed E-state index contributed by atoms with van der Waals surface area (Å²) in [6.45, 7) is 9.92. The van der Waals surface area contributed by atoms with Crippen molar-refractivity contribution in [3.05, 3.63) is 101 Å². The van der Waals surface area contributed by atoms with Crippen molar-refractivity contribution in [3.8, 4) is 34.5 Å². The molecule has 4 rings (SSSR count). The number of methoxy groups -OCH3 is 1. The van der Waals surface area contributed by atoms with Gasteiger partial charge in [0.2, 0.25) is 5.89 Å². The highest BCUT2D eigenvalue weighted by Gasteiger charge is 2.16. The third-order valence-electron chi connectivity index (χ3n) is 7.05. The van der Waals surface area contributed by atoms with E-state index in [1.54, 1.807) is 24.3 Å². The monoisotopic (exact) mass is 671 g/mol. The molecule has 0 spiro atoms. The second-order valence-corrected chi connectivity index (χ2v) is 10.6. The molecule has 3 aromatic carbocycles. The van der Waals surface area contributed by atoms with Crippen molar-refractivity contribution in [2.75, 3.05) is 33.5 Å². The first-order valence-electron chi connectivity index (χ1n) is 15.5. The second-order valence-electron chi connectivity index (χ2n) is 10.6. The lowest BCUT2D eigenvalue weighted by Gasteiger charge is -2.12. The molecule has 256 valence electrons. The summed E-state index contributed by atoms with van der Waals surface area (Å²) >= 11 is 0. The number of hydrogen-bond acceptors (Lipinski definition) is 12. The van der Waals surface area contributed by atoms with Crippen molar-refractivity contribution in [1.29, 1.82) is 0 Å². The number of carbonyl (C=O) groups excluding carboxylic acids is 3. The van der Waals surface area contributed by atoms with Gasteiger partial charge in [0.25, 0.3) is 0 Å². The number of ether oxygens (including phenoxy) is 6. The third-order valence-corrected chi connectivity index (χ3v) is 7.05. The smallest absolute Gasteiger partial charge is 0.347 e. The van der Waals surface area contributed by atoms with Gasteiger partial charge in [0.15, 0.2) is 11.5 Å². The largest absolute Gasteiger partial charge is 0.493 e. The topological polar surface area (TPSA) is 150 Å². The van der Waals surface area contributed by atoms with Crippen LogP contribution in [0.25, 0.3) is 22.4 Å². The van der Waals surface area contributed by atoms with Crippen LogP contribution in [-0.2, 0) is 19.1 Å². The van der Waals surface area contributed by atoms with E-state index in [9.17, 15) is 19.2 Å². The summed E-state index contributed by atoms with van der Waals surface area (Å²) < 4.78 is 37.9. The van der Waals surface area contributed by atoms with Gasteiger partial charge in [-0.3, -0.25) is 0 Å². The van der Waals surface area contributed by atoms with Gasteiger partial charge in [-0.25, -0.2) is 24.2 Å². The van der Waals surface area contributed by atoms with Crippen LogP contribution in [-0.4, -0.2) is 56.4 Å². The molecule has 0 bridgehead atoms. The number of aromatic nitrogens is 1.